The van der Waals surface area contributed by atoms with Crippen molar-refractivity contribution in [3.8, 4) is 0 Å². The van der Waals surface area contributed by atoms with Gasteiger partial charge in [-0.05, 0) is 63.1 Å². The minimum atomic E-state index is -0.747. The first-order valence-electron chi connectivity index (χ1n) is 13.6. The number of nitrogens with one attached hydrogen (secondary N) is 3. The molecule has 1 aromatic carbocycles. The van der Waals surface area contributed by atoms with Crippen molar-refractivity contribution < 1.29 is 18.8 Å². The molecule has 2 heterocycles. The fourth-order valence-corrected chi connectivity index (χ4v) is 6.35. The summed E-state index contributed by atoms with van der Waals surface area (Å²) in [5.41, 5.74) is 0.456. The molecule has 3 N–H and O–H groups in total. The molecule has 0 radical (unpaired) electrons. The summed E-state index contributed by atoms with van der Waals surface area (Å²) in [4.78, 5) is 41.4. The van der Waals surface area contributed by atoms with E-state index in [4.69, 9.17) is 0 Å². The van der Waals surface area contributed by atoms with Gasteiger partial charge < -0.3 is 20.9 Å². The van der Waals surface area contributed by atoms with E-state index in [-0.39, 0.29) is 34.9 Å². The number of likely N-dealkylation sites (tertiary alicyclic amines) is 1. The van der Waals surface area contributed by atoms with E-state index in [1.807, 2.05) is 11.8 Å². The van der Waals surface area contributed by atoms with E-state index >= 15 is 0 Å². The Morgan fingerprint density at radius 3 is 2.31 bits per heavy atom. The zero-order valence-corrected chi connectivity index (χ0v) is 21.7. The van der Waals surface area contributed by atoms with Crippen LogP contribution >= 0.6 is 0 Å². The fraction of sp³-hybridized carbons (Fsp3) is 0.679. The quantitative estimate of drug-likeness (QED) is 0.536. The summed E-state index contributed by atoms with van der Waals surface area (Å²) in [7, 11) is 0. The number of Topliss-reactive ketones (excluding diaryl/α,β-unsaturated/α-hetero) is 1. The lowest BCUT2D eigenvalue weighted by Gasteiger charge is -2.47. The lowest BCUT2D eigenvalue weighted by molar-refractivity contribution is -0.144. The molecular formula is C28H41FN4O3. The minimum absolute atomic E-state index is 0.134. The highest BCUT2D eigenvalue weighted by Crippen LogP contribution is 2.46. The predicted molar refractivity (Wildman–Crippen MR) is 137 cm³/mol. The van der Waals surface area contributed by atoms with Gasteiger partial charge >= 0.3 is 0 Å². The lowest BCUT2D eigenvalue weighted by atomic mass is 9.62. The number of nitrogens with zero attached hydrogens (tertiary/aromatic N) is 1. The average Bonchev–Trinajstić information content (AvgIpc) is 2.90. The molecule has 2 aliphatic heterocycles. The smallest absolute Gasteiger partial charge is 0.245 e. The normalized spacial score (nSPS) is 25.7. The number of carbonyl (C=O) groups excluding carboxylic acids is 3. The van der Waals surface area contributed by atoms with Crippen LogP contribution in [0.2, 0.25) is 0 Å². The standard InChI is InChI=1S/C28H41FN4O3/c1-19-17-31-25(18-30-19)26(35)32-24(16-21-8-10-23(29)11-9-21)27(36)33-14-12-28(13-15-33,20(2)34)22-6-4-3-5-7-22/h8-11,19,22,24-25,30-31H,3-7,12-18H2,1-2H3,(H,32,35)/t19?,24-,25?/m1/s1. The molecule has 2 amide bonds. The highest BCUT2D eigenvalue weighted by atomic mass is 19.1. The first-order chi connectivity index (χ1) is 17.3. The third-order valence-corrected chi connectivity index (χ3v) is 8.68. The molecule has 3 atom stereocenters. The number of ketones is 1. The Morgan fingerprint density at radius 2 is 1.72 bits per heavy atom. The van der Waals surface area contributed by atoms with Crippen molar-refractivity contribution in [2.45, 2.75) is 83.3 Å². The van der Waals surface area contributed by atoms with E-state index in [1.165, 1.54) is 31.4 Å². The SMILES string of the molecule is CC(=O)C1(C2CCCCC2)CCN(C(=O)[C@@H](Cc2ccc(F)cc2)NC(=O)C2CNC(C)CN2)CC1. The Labute approximate surface area is 214 Å². The van der Waals surface area contributed by atoms with Gasteiger partial charge in [-0.1, -0.05) is 31.4 Å². The van der Waals surface area contributed by atoms with Crippen molar-refractivity contribution >= 4 is 17.6 Å². The molecule has 8 heteroatoms. The second-order valence-corrected chi connectivity index (χ2v) is 11.0. The van der Waals surface area contributed by atoms with Crippen LogP contribution in [0.5, 0.6) is 0 Å². The van der Waals surface area contributed by atoms with Crippen molar-refractivity contribution in [1.82, 2.24) is 20.9 Å². The second-order valence-electron chi connectivity index (χ2n) is 11.0. The molecule has 1 aromatic rings. The Kier molecular flexibility index (Phi) is 8.78. The molecule has 3 fully saturated rings. The van der Waals surface area contributed by atoms with E-state index in [0.29, 0.717) is 51.4 Å². The summed E-state index contributed by atoms with van der Waals surface area (Å²) < 4.78 is 13.5. The molecule has 1 saturated carbocycles. The van der Waals surface area contributed by atoms with Gasteiger partial charge in [-0.3, -0.25) is 14.4 Å². The van der Waals surface area contributed by atoms with Crippen LogP contribution in [0.15, 0.2) is 24.3 Å². The summed E-state index contributed by atoms with van der Waals surface area (Å²) in [6, 6.07) is 5.18. The van der Waals surface area contributed by atoms with Gasteiger partial charge in [-0.2, -0.15) is 0 Å². The van der Waals surface area contributed by atoms with Gasteiger partial charge in [0.1, 0.15) is 17.6 Å². The number of halogens is 1. The van der Waals surface area contributed by atoms with Crippen LogP contribution < -0.4 is 16.0 Å². The van der Waals surface area contributed by atoms with Gasteiger partial charge in [0.15, 0.2) is 0 Å². The number of piperazine rings is 1. The van der Waals surface area contributed by atoms with E-state index in [2.05, 4.69) is 16.0 Å². The van der Waals surface area contributed by atoms with Crippen molar-refractivity contribution in [3.63, 3.8) is 0 Å². The minimum Gasteiger partial charge on any atom is -0.343 e. The number of hydrogen-bond donors (Lipinski definition) is 3. The largest absolute Gasteiger partial charge is 0.343 e. The molecule has 2 unspecified atom stereocenters. The van der Waals surface area contributed by atoms with Crippen molar-refractivity contribution in [3.05, 3.63) is 35.6 Å². The van der Waals surface area contributed by atoms with Gasteiger partial charge in [0.05, 0.1) is 6.04 Å². The summed E-state index contributed by atoms with van der Waals surface area (Å²) in [6.07, 6.45) is 7.44. The van der Waals surface area contributed by atoms with Crippen LogP contribution in [0.1, 0.15) is 64.4 Å². The van der Waals surface area contributed by atoms with E-state index in [0.717, 1.165) is 18.4 Å². The van der Waals surface area contributed by atoms with Crippen molar-refractivity contribution in [1.29, 1.82) is 0 Å². The maximum absolute atomic E-state index is 13.7. The first kappa shape index (κ1) is 26.7. The number of benzene rings is 1. The molecule has 2 saturated heterocycles. The fourth-order valence-electron chi connectivity index (χ4n) is 6.35. The van der Waals surface area contributed by atoms with Crippen LogP contribution in [0.4, 0.5) is 4.39 Å². The average molecular weight is 501 g/mol. The van der Waals surface area contributed by atoms with Crippen LogP contribution in [0.25, 0.3) is 0 Å². The molecule has 1 aliphatic carbocycles. The summed E-state index contributed by atoms with van der Waals surface area (Å²) in [6.45, 7) is 5.98. The summed E-state index contributed by atoms with van der Waals surface area (Å²) in [5.74, 6) is -0.0277. The molecule has 4 rings (SSSR count). The maximum atomic E-state index is 13.7. The number of rotatable bonds is 7. The zero-order valence-electron chi connectivity index (χ0n) is 21.7. The monoisotopic (exact) mass is 500 g/mol. The lowest BCUT2D eigenvalue weighted by Crippen LogP contribution is -2.62. The highest BCUT2D eigenvalue weighted by Gasteiger charge is 2.46. The maximum Gasteiger partial charge on any atom is 0.245 e. The Balaban J connectivity index is 1.45. The van der Waals surface area contributed by atoms with Crippen LogP contribution in [-0.4, -0.2) is 66.8 Å². The summed E-state index contributed by atoms with van der Waals surface area (Å²) >= 11 is 0. The van der Waals surface area contributed by atoms with E-state index in [1.54, 1.807) is 19.1 Å². The molecule has 36 heavy (non-hydrogen) atoms. The number of hydrogen-bond acceptors (Lipinski definition) is 5. The predicted octanol–water partition coefficient (Wildman–Crippen LogP) is 2.58. The number of amides is 2. The molecule has 0 bridgehead atoms. The Hall–Kier alpha value is -2.32. The molecule has 7 nitrogen and oxygen atoms in total. The van der Waals surface area contributed by atoms with Crippen LogP contribution in [0.3, 0.4) is 0 Å². The molecule has 198 valence electrons. The van der Waals surface area contributed by atoms with E-state index < -0.39 is 12.1 Å². The number of carbonyl (C=O) groups is 3. The van der Waals surface area contributed by atoms with Crippen LogP contribution in [-0.2, 0) is 20.8 Å². The molecular weight excluding hydrogens is 459 g/mol. The third-order valence-electron chi connectivity index (χ3n) is 8.68. The first-order valence-corrected chi connectivity index (χ1v) is 13.6. The van der Waals surface area contributed by atoms with Crippen molar-refractivity contribution in [2.75, 3.05) is 26.2 Å². The number of piperidine rings is 1. The third kappa shape index (κ3) is 6.14. The van der Waals surface area contributed by atoms with Gasteiger partial charge in [0.25, 0.3) is 0 Å². The summed E-state index contributed by atoms with van der Waals surface area (Å²) in [5, 5.41) is 9.51. The molecule has 0 aromatic heterocycles. The Morgan fingerprint density at radius 1 is 1.06 bits per heavy atom. The van der Waals surface area contributed by atoms with Gasteiger partial charge in [0, 0.05) is 44.1 Å². The second kappa shape index (κ2) is 11.8. The molecule has 0 spiro atoms. The van der Waals surface area contributed by atoms with E-state index in [9.17, 15) is 18.8 Å². The highest BCUT2D eigenvalue weighted by molar-refractivity contribution is 5.90. The van der Waals surface area contributed by atoms with Gasteiger partial charge in [0.2, 0.25) is 11.8 Å². The van der Waals surface area contributed by atoms with Gasteiger partial charge in [-0.15, -0.1) is 0 Å². The zero-order chi connectivity index (χ0) is 25.7. The Bertz CT molecular complexity index is 915. The van der Waals surface area contributed by atoms with Crippen molar-refractivity contribution in [2.24, 2.45) is 11.3 Å². The van der Waals surface area contributed by atoms with Crippen LogP contribution in [0, 0.1) is 17.2 Å². The van der Waals surface area contributed by atoms with Gasteiger partial charge in [-0.25, -0.2) is 4.39 Å². The topological polar surface area (TPSA) is 90.5 Å². The molecule has 3 aliphatic rings.